The molecule has 0 spiro atoms. The molecule has 2 aromatic carbocycles. The highest BCUT2D eigenvalue weighted by molar-refractivity contribution is 5.99. The van der Waals surface area contributed by atoms with Gasteiger partial charge in [0.15, 0.2) is 17.3 Å². The molecule has 164 valence electrons. The van der Waals surface area contributed by atoms with Gasteiger partial charge in [0, 0.05) is 24.7 Å². The van der Waals surface area contributed by atoms with Crippen molar-refractivity contribution in [1.82, 2.24) is 4.90 Å². The molecule has 1 aliphatic carbocycles. The Morgan fingerprint density at radius 1 is 1.22 bits per heavy atom. The van der Waals surface area contributed by atoms with Crippen molar-refractivity contribution in [2.45, 2.75) is 31.8 Å². The largest absolute Gasteiger partial charge is 0.493 e. The van der Waals surface area contributed by atoms with Crippen molar-refractivity contribution in [1.29, 1.82) is 5.26 Å². The lowest BCUT2D eigenvalue weighted by Gasteiger charge is -2.37. The number of ether oxygens (including phenoxy) is 2. The van der Waals surface area contributed by atoms with Gasteiger partial charge in [-0.05, 0) is 48.2 Å². The van der Waals surface area contributed by atoms with Crippen molar-refractivity contribution in [2.24, 2.45) is 5.73 Å². The fourth-order valence-electron chi connectivity index (χ4n) is 4.37. The Morgan fingerprint density at radius 2 is 2.03 bits per heavy atom. The fraction of sp³-hybridized carbons (Fsp3) is 0.280. The molecular weight excluding hydrogens is 409 g/mol. The van der Waals surface area contributed by atoms with E-state index < -0.39 is 5.92 Å². The van der Waals surface area contributed by atoms with Gasteiger partial charge in [-0.1, -0.05) is 18.2 Å². The Hall–Kier alpha value is -3.79. The van der Waals surface area contributed by atoms with Gasteiger partial charge in [0.1, 0.15) is 18.2 Å². The number of nitrogens with zero attached hydrogens (tertiary/aromatic N) is 2. The number of methoxy groups -OCH3 is 1. The third-order valence-corrected chi connectivity index (χ3v) is 5.97. The van der Waals surface area contributed by atoms with Gasteiger partial charge in [0.05, 0.1) is 24.7 Å². The van der Waals surface area contributed by atoms with E-state index in [-0.39, 0.29) is 18.2 Å². The van der Waals surface area contributed by atoms with E-state index >= 15 is 0 Å². The van der Waals surface area contributed by atoms with E-state index in [1.807, 2.05) is 6.07 Å². The van der Waals surface area contributed by atoms with Crippen LogP contribution < -0.4 is 15.2 Å². The van der Waals surface area contributed by atoms with Crippen LogP contribution in [0, 0.1) is 17.1 Å². The maximum absolute atomic E-state index is 13.4. The summed E-state index contributed by atoms with van der Waals surface area (Å²) in [6.45, 7) is 0.172. The first-order valence-corrected chi connectivity index (χ1v) is 10.4. The molecule has 0 saturated heterocycles. The molecule has 0 aromatic heterocycles. The van der Waals surface area contributed by atoms with Crippen LogP contribution in [0.25, 0.3) is 0 Å². The van der Waals surface area contributed by atoms with Crippen LogP contribution in [0.5, 0.6) is 11.5 Å². The third kappa shape index (κ3) is 3.80. The van der Waals surface area contributed by atoms with E-state index in [1.54, 1.807) is 36.2 Å². The zero-order valence-corrected chi connectivity index (χ0v) is 18.0. The molecule has 7 heteroatoms. The number of benzene rings is 2. The molecule has 0 radical (unpaired) electrons. The van der Waals surface area contributed by atoms with E-state index in [9.17, 15) is 14.4 Å². The van der Waals surface area contributed by atoms with E-state index in [1.165, 1.54) is 19.2 Å². The predicted molar refractivity (Wildman–Crippen MR) is 117 cm³/mol. The number of carbonyl (C=O) groups is 1. The Labute approximate surface area is 186 Å². The van der Waals surface area contributed by atoms with Crippen LogP contribution in [0.15, 0.2) is 65.1 Å². The first-order chi connectivity index (χ1) is 15.4. The highest BCUT2D eigenvalue weighted by Crippen LogP contribution is 2.45. The van der Waals surface area contributed by atoms with Crippen molar-refractivity contribution in [3.8, 4) is 17.6 Å². The topological polar surface area (TPSA) is 88.6 Å². The summed E-state index contributed by atoms with van der Waals surface area (Å²) in [5, 5.41) is 9.87. The number of hydrogen-bond acceptors (Lipinski definition) is 6. The molecule has 4 rings (SSSR count). The minimum Gasteiger partial charge on any atom is -0.493 e. The number of allylic oxidation sites excluding steroid dienone is 3. The van der Waals surface area contributed by atoms with Crippen LogP contribution in [0.4, 0.5) is 4.39 Å². The van der Waals surface area contributed by atoms with E-state index in [2.05, 4.69) is 6.07 Å². The van der Waals surface area contributed by atoms with Crippen LogP contribution in [0.1, 0.15) is 36.3 Å². The number of rotatable bonds is 5. The first kappa shape index (κ1) is 21.4. The molecule has 2 aromatic rings. The van der Waals surface area contributed by atoms with Crippen molar-refractivity contribution >= 4 is 5.78 Å². The van der Waals surface area contributed by atoms with Crippen LogP contribution in [-0.4, -0.2) is 24.8 Å². The van der Waals surface area contributed by atoms with Gasteiger partial charge in [-0.25, -0.2) is 4.39 Å². The van der Waals surface area contributed by atoms with Crippen molar-refractivity contribution in [3.63, 3.8) is 0 Å². The Bertz CT molecular complexity index is 1180. The Morgan fingerprint density at radius 3 is 2.75 bits per heavy atom. The molecule has 1 atom stereocenters. The van der Waals surface area contributed by atoms with Crippen LogP contribution in [-0.2, 0) is 11.4 Å². The summed E-state index contributed by atoms with van der Waals surface area (Å²) in [6.07, 6.45) is 1.95. The van der Waals surface area contributed by atoms with Crippen LogP contribution in [0.3, 0.4) is 0 Å². The number of nitriles is 1. The highest BCUT2D eigenvalue weighted by atomic mass is 19.1. The maximum atomic E-state index is 13.4. The molecule has 6 nitrogen and oxygen atoms in total. The van der Waals surface area contributed by atoms with Crippen molar-refractivity contribution in [3.05, 3.63) is 82.1 Å². The Balaban J connectivity index is 1.71. The van der Waals surface area contributed by atoms with Gasteiger partial charge >= 0.3 is 0 Å². The third-order valence-electron chi connectivity index (χ3n) is 5.97. The molecule has 2 aliphatic rings. The van der Waals surface area contributed by atoms with Gasteiger partial charge in [-0.15, -0.1) is 0 Å². The second-order valence-electron chi connectivity index (χ2n) is 7.87. The molecule has 0 bridgehead atoms. The molecule has 0 amide bonds. The van der Waals surface area contributed by atoms with Gasteiger partial charge < -0.3 is 20.1 Å². The van der Waals surface area contributed by atoms with Crippen molar-refractivity contribution < 1.29 is 18.7 Å². The van der Waals surface area contributed by atoms with E-state index in [4.69, 9.17) is 15.2 Å². The molecule has 0 unspecified atom stereocenters. The molecule has 1 heterocycles. The smallest absolute Gasteiger partial charge is 0.161 e. The lowest BCUT2D eigenvalue weighted by molar-refractivity contribution is -0.116. The lowest BCUT2D eigenvalue weighted by atomic mass is 9.76. The van der Waals surface area contributed by atoms with E-state index in [0.717, 1.165) is 24.1 Å². The van der Waals surface area contributed by atoms with E-state index in [0.29, 0.717) is 40.5 Å². The zero-order valence-electron chi connectivity index (χ0n) is 18.0. The predicted octanol–water partition coefficient (Wildman–Crippen LogP) is 4.14. The molecule has 0 fully saturated rings. The van der Waals surface area contributed by atoms with Gasteiger partial charge in [0.2, 0.25) is 0 Å². The average Bonchev–Trinajstić information content (AvgIpc) is 2.80. The monoisotopic (exact) mass is 433 g/mol. The number of nitrogens with two attached hydrogens (primary N) is 1. The molecule has 32 heavy (non-hydrogen) atoms. The second kappa shape index (κ2) is 8.75. The lowest BCUT2D eigenvalue weighted by Crippen LogP contribution is -2.36. The van der Waals surface area contributed by atoms with Crippen LogP contribution >= 0.6 is 0 Å². The second-order valence-corrected chi connectivity index (χ2v) is 7.87. The number of hydrogen-bond donors (Lipinski definition) is 1. The number of ketones is 1. The fourth-order valence-corrected chi connectivity index (χ4v) is 4.37. The number of Topliss-reactive ketones (excluding diaryl/α,β-unsaturated/α-hetero) is 1. The normalized spacial score (nSPS) is 18.4. The Kier molecular flexibility index (Phi) is 5.87. The quantitative estimate of drug-likeness (QED) is 0.762. The first-order valence-electron chi connectivity index (χ1n) is 10.4. The van der Waals surface area contributed by atoms with Gasteiger partial charge in [0.25, 0.3) is 0 Å². The summed E-state index contributed by atoms with van der Waals surface area (Å²) in [5.41, 5.74) is 9.55. The molecule has 2 N–H and O–H groups in total. The minimum atomic E-state index is -0.551. The zero-order chi connectivity index (χ0) is 22.8. The summed E-state index contributed by atoms with van der Waals surface area (Å²) < 4.78 is 24.8. The van der Waals surface area contributed by atoms with Crippen LogP contribution in [0.2, 0.25) is 0 Å². The SMILES string of the molecule is COc1cc([C@H]2C(C#N)=C(N)N(C)C3=C2C(=O)CCC3)ccc1OCc1cccc(F)c1. The summed E-state index contributed by atoms with van der Waals surface area (Å²) in [5.74, 6) is 0.452. The molecule has 0 saturated carbocycles. The van der Waals surface area contributed by atoms with Gasteiger partial charge in [-0.3, -0.25) is 4.79 Å². The summed E-state index contributed by atoms with van der Waals surface area (Å²) in [7, 11) is 3.31. The summed E-state index contributed by atoms with van der Waals surface area (Å²) >= 11 is 0. The standard InChI is InChI=1S/C25H24FN3O3/c1-29-19-7-4-8-20(30)24(19)23(18(13-27)25(29)28)16-9-10-21(22(12-16)31-2)32-14-15-5-3-6-17(26)11-15/h3,5-6,9-12,23H,4,7-8,14,28H2,1-2H3/t23-/m0/s1. The minimum absolute atomic E-state index is 0.0359. The average molecular weight is 433 g/mol. The van der Waals surface area contributed by atoms with Crippen molar-refractivity contribution in [2.75, 3.05) is 14.2 Å². The maximum Gasteiger partial charge on any atom is 0.161 e. The molecule has 1 aliphatic heterocycles. The summed E-state index contributed by atoms with van der Waals surface area (Å²) in [6, 6.07) is 13.7. The van der Waals surface area contributed by atoms with Gasteiger partial charge in [-0.2, -0.15) is 5.26 Å². The number of halogens is 1. The molecular formula is C25H24FN3O3. The highest BCUT2D eigenvalue weighted by Gasteiger charge is 2.38. The number of carbonyl (C=O) groups excluding carboxylic acids is 1. The summed E-state index contributed by atoms with van der Waals surface area (Å²) in [4.78, 5) is 14.6.